The number of alkyl halides is 2. The molecule has 0 bridgehead atoms. The lowest BCUT2D eigenvalue weighted by molar-refractivity contribution is -0.143. The van der Waals surface area contributed by atoms with Crippen LogP contribution in [0.15, 0.2) is 12.1 Å². The number of aromatic nitrogens is 2. The third-order valence-corrected chi connectivity index (χ3v) is 6.46. The summed E-state index contributed by atoms with van der Waals surface area (Å²) >= 11 is 5.56. The van der Waals surface area contributed by atoms with Crippen LogP contribution >= 0.6 is 11.6 Å². The van der Waals surface area contributed by atoms with Crippen LogP contribution in [0.2, 0.25) is 5.02 Å². The van der Waals surface area contributed by atoms with Gasteiger partial charge in [-0.3, -0.25) is 4.79 Å². The highest BCUT2D eigenvalue weighted by molar-refractivity contribution is 7.90. The Balaban J connectivity index is 1.89. The van der Waals surface area contributed by atoms with Gasteiger partial charge < -0.3 is 10.2 Å². The molecule has 160 valence electrons. The van der Waals surface area contributed by atoms with Crippen LogP contribution < -0.4 is 10.2 Å². The number of hydrogen-bond donors (Lipinski definition) is 1. The second-order valence-electron chi connectivity index (χ2n) is 6.96. The molecule has 0 aliphatic carbocycles. The van der Waals surface area contributed by atoms with Gasteiger partial charge in [-0.1, -0.05) is 11.6 Å². The number of benzene rings is 1. The van der Waals surface area contributed by atoms with E-state index in [9.17, 15) is 30.8 Å². The fourth-order valence-electron chi connectivity index (χ4n) is 3.34. The van der Waals surface area contributed by atoms with Crippen molar-refractivity contribution in [2.24, 2.45) is 0 Å². The topological polar surface area (TPSA) is 92.3 Å². The number of nitrogens with zero attached hydrogens (tertiary/aromatic N) is 3. The second-order valence-corrected chi connectivity index (χ2v) is 9.43. The van der Waals surface area contributed by atoms with E-state index in [0.717, 1.165) is 11.0 Å². The monoisotopic (exact) mass is 464 g/mol. The molecule has 4 rings (SSSR count). The summed E-state index contributed by atoms with van der Waals surface area (Å²) in [5.41, 5.74) is -0.295. The quantitative estimate of drug-likeness (QED) is 0.540. The summed E-state index contributed by atoms with van der Waals surface area (Å²) in [4.78, 5) is 20.7. The van der Waals surface area contributed by atoms with Crippen LogP contribution in [0.3, 0.4) is 0 Å². The first-order chi connectivity index (χ1) is 14.0. The minimum atomic E-state index is -3.76. The van der Waals surface area contributed by atoms with Gasteiger partial charge in [0.1, 0.15) is 17.5 Å². The van der Waals surface area contributed by atoms with Crippen LogP contribution in [0.4, 0.5) is 23.4 Å². The van der Waals surface area contributed by atoms with Crippen LogP contribution in [0.5, 0.6) is 0 Å². The maximum absolute atomic E-state index is 14.4. The molecule has 2 aliphatic heterocycles. The Hall–Kier alpha value is -2.47. The van der Waals surface area contributed by atoms with E-state index >= 15 is 0 Å². The van der Waals surface area contributed by atoms with Gasteiger partial charge in [-0.25, -0.2) is 27.2 Å². The van der Waals surface area contributed by atoms with Crippen LogP contribution in [-0.2, 0) is 26.1 Å². The van der Waals surface area contributed by atoms with Crippen molar-refractivity contribution in [3.63, 3.8) is 0 Å². The van der Waals surface area contributed by atoms with Crippen molar-refractivity contribution >= 4 is 33.2 Å². The Kier molecular flexibility index (Phi) is 4.88. The summed E-state index contributed by atoms with van der Waals surface area (Å²) in [5, 5.41) is 1.60. The number of rotatable bonds is 2. The summed E-state index contributed by atoms with van der Waals surface area (Å²) in [6, 6.07) is 1.45. The van der Waals surface area contributed by atoms with E-state index in [1.165, 1.54) is 0 Å². The van der Waals surface area contributed by atoms with E-state index in [2.05, 4.69) is 15.3 Å². The van der Waals surface area contributed by atoms with Gasteiger partial charge in [0.25, 0.3) is 5.91 Å². The van der Waals surface area contributed by atoms with Gasteiger partial charge in [-0.05, 0) is 12.1 Å². The van der Waals surface area contributed by atoms with Crippen molar-refractivity contribution in [3.05, 3.63) is 40.0 Å². The molecule has 0 spiro atoms. The molecule has 0 atom stereocenters. The Bertz CT molecular complexity index is 1180. The van der Waals surface area contributed by atoms with E-state index in [1.54, 1.807) is 0 Å². The molecule has 7 nitrogen and oxygen atoms in total. The number of anilines is 1. The predicted octanol–water partition coefficient (Wildman–Crippen LogP) is 2.08. The maximum Gasteiger partial charge on any atom is 0.341 e. The van der Waals surface area contributed by atoms with Crippen molar-refractivity contribution in [1.82, 2.24) is 15.3 Å². The van der Waals surface area contributed by atoms with Crippen molar-refractivity contribution in [2.75, 3.05) is 24.5 Å². The van der Waals surface area contributed by atoms with Gasteiger partial charge in [-0.2, -0.15) is 8.78 Å². The number of hydrogen-bond acceptors (Lipinski definition) is 6. The van der Waals surface area contributed by atoms with Gasteiger partial charge in [0.15, 0.2) is 15.7 Å². The van der Waals surface area contributed by atoms with Crippen molar-refractivity contribution < 1.29 is 30.8 Å². The molecule has 1 amide bonds. The summed E-state index contributed by atoms with van der Waals surface area (Å²) in [6.07, 6.45) is 0. The van der Waals surface area contributed by atoms with Crippen molar-refractivity contribution in [1.29, 1.82) is 0 Å². The van der Waals surface area contributed by atoms with E-state index < -0.39 is 61.9 Å². The first kappa shape index (κ1) is 20.8. The number of nitrogens with one attached hydrogen (secondary N) is 1. The van der Waals surface area contributed by atoms with Gasteiger partial charge in [0, 0.05) is 18.7 Å². The minimum Gasteiger partial charge on any atom is -0.349 e. The lowest BCUT2D eigenvalue weighted by atomic mass is 10.1. The molecule has 0 saturated carbocycles. The van der Waals surface area contributed by atoms with Crippen LogP contribution in [0, 0.1) is 11.6 Å². The molecule has 1 saturated heterocycles. The Morgan fingerprint density at radius 3 is 2.60 bits per heavy atom. The summed E-state index contributed by atoms with van der Waals surface area (Å²) in [6.45, 7) is -1.29. The lowest BCUT2D eigenvalue weighted by Gasteiger charge is -2.25. The first-order valence-electron chi connectivity index (χ1n) is 8.63. The zero-order valence-electron chi connectivity index (χ0n) is 15.1. The van der Waals surface area contributed by atoms with Gasteiger partial charge in [-0.15, -0.1) is 0 Å². The molecule has 2 aliphatic rings. The van der Waals surface area contributed by atoms with Crippen LogP contribution in [0.1, 0.15) is 11.3 Å². The number of fused-ring (bicyclic) bond motifs is 1. The highest BCUT2D eigenvalue weighted by Crippen LogP contribution is 2.35. The zero-order chi connectivity index (χ0) is 21.8. The highest BCUT2D eigenvalue weighted by atomic mass is 35.5. The minimum absolute atomic E-state index is 0.0107. The first-order valence-corrected chi connectivity index (χ1v) is 10.8. The van der Waals surface area contributed by atoms with Crippen molar-refractivity contribution in [3.8, 4) is 11.4 Å². The molecular formula is C17H13ClF4N4O3S. The molecule has 30 heavy (non-hydrogen) atoms. The Morgan fingerprint density at radius 1 is 1.13 bits per heavy atom. The van der Waals surface area contributed by atoms with Gasteiger partial charge in [0.2, 0.25) is 0 Å². The number of halogens is 5. The molecule has 2 aromatic rings. The standard InChI is InChI=1S/C17H13ClF4N4O3S/c18-10-4-11(19)8(3-12(10)20)14-24-13-6-30(28,29)5-9(13)15(25-14)26-2-1-23-16(27)17(21,22)7-26/h3-4H,1-2,5-7H2,(H,23,27). The lowest BCUT2D eigenvalue weighted by Crippen LogP contribution is -2.43. The third-order valence-electron chi connectivity index (χ3n) is 4.73. The molecule has 3 heterocycles. The van der Waals surface area contributed by atoms with Gasteiger partial charge >= 0.3 is 5.92 Å². The average molecular weight is 465 g/mol. The summed E-state index contributed by atoms with van der Waals surface area (Å²) in [7, 11) is -3.63. The Labute approximate surface area is 173 Å². The van der Waals surface area contributed by atoms with E-state index in [4.69, 9.17) is 11.6 Å². The molecule has 13 heteroatoms. The van der Waals surface area contributed by atoms with Crippen molar-refractivity contribution in [2.45, 2.75) is 17.4 Å². The highest BCUT2D eigenvalue weighted by Gasteiger charge is 2.44. The average Bonchev–Trinajstić information content (AvgIpc) is 2.88. The maximum atomic E-state index is 14.4. The van der Waals surface area contributed by atoms with E-state index in [1.807, 2.05) is 0 Å². The largest absolute Gasteiger partial charge is 0.349 e. The third kappa shape index (κ3) is 3.69. The molecule has 1 aromatic heterocycles. The zero-order valence-corrected chi connectivity index (χ0v) is 16.6. The molecular weight excluding hydrogens is 452 g/mol. The smallest absolute Gasteiger partial charge is 0.341 e. The van der Waals surface area contributed by atoms with E-state index in [-0.39, 0.29) is 36.0 Å². The summed E-state index contributed by atoms with van der Waals surface area (Å²) < 4.78 is 80.8. The fraction of sp³-hybridized carbons (Fsp3) is 0.353. The molecule has 1 aromatic carbocycles. The number of carbonyl (C=O) groups excluding carboxylic acids is 1. The predicted molar refractivity (Wildman–Crippen MR) is 98.9 cm³/mol. The van der Waals surface area contributed by atoms with E-state index in [0.29, 0.717) is 6.07 Å². The van der Waals surface area contributed by atoms with Crippen LogP contribution in [-0.4, -0.2) is 49.8 Å². The molecule has 0 radical (unpaired) electrons. The summed E-state index contributed by atoms with van der Waals surface area (Å²) in [5.74, 6) is -8.67. The number of carbonyl (C=O) groups is 1. The molecule has 1 N–H and O–H groups in total. The number of amides is 1. The van der Waals surface area contributed by atoms with Crippen LogP contribution in [0.25, 0.3) is 11.4 Å². The second kappa shape index (κ2) is 7.05. The van der Waals surface area contributed by atoms with Gasteiger partial charge in [0.05, 0.1) is 34.3 Å². The molecule has 0 unspecified atom stereocenters. The number of sulfone groups is 1. The normalized spacial score (nSPS) is 19.9. The SMILES string of the molecule is O=C1NCCN(c2nc(-c3cc(F)c(Cl)cc3F)nc3c2CS(=O)(=O)C3)CC1(F)F. The Morgan fingerprint density at radius 2 is 1.87 bits per heavy atom. The fourth-order valence-corrected chi connectivity index (χ4v) is 4.99. The molecule has 1 fully saturated rings.